The number of hydrogen-bond donors (Lipinski definition) is 1. The van der Waals surface area contributed by atoms with E-state index < -0.39 is 6.10 Å². The summed E-state index contributed by atoms with van der Waals surface area (Å²) in [7, 11) is 0. The van der Waals surface area contributed by atoms with Crippen molar-refractivity contribution in [1.29, 1.82) is 0 Å². The van der Waals surface area contributed by atoms with Gasteiger partial charge in [0, 0.05) is 6.20 Å². The molecule has 0 bridgehead atoms. The number of aromatic nitrogens is 2. The zero-order valence-corrected chi connectivity index (χ0v) is 7.04. The van der Waals surface area contributed by atoms with E-state index in [1.165, 1.54) is 6.33 Å². The van der Waals surface area contributed by atoms with Crippen LogP contribution < -0.4 is 0 Å². The van der Waals surface area contributed by atoms with Gasteiger partial charge in [-0.1, -0.05) is 0 Å². The Morgan fingerprint density at radius 1 is 1.70 bits per heavy atom. The molecule has 1 aromatic rings. The Bertz CT molecular complexity index is 227. The molecule has 0 fully saturated rings. The minimum atomic E-state index is -0.544. The lowest BCUT2D eigenvalue weighted by atomic mass is 10.3. The SMILES string of the molecule is CC(O)c1ncncc1Br. The summed E-state index contributed by atoms with van der Waals surface area (Å²) in [5.41, 5.74) is 0.620. The molecule has 1 aromatic heterocycles. The first-order chi connectivity index (χ1) is 4.72. The first-order valence-electron chi connectivity index (χ1n) is 2.85. The second-order valence-corrected chi connectivity index (χ2v) is 2.79. The minimum Gasteiger partial charge on any atom is -0.387 e. The summed E-state index contributed by atoms with van der Waals surface area (Å²) in [6.45, 7) is 1.66. The van der Waals surface area contributed by atoms with Crippen molar-refractivity contribution < 1.29 is 5.11 Å². The van der Waals surface area contributed by atoms with E-state index in [9.17, 15) is 0 Å². The molecule has 0 radical (unpaired) electrons. The average Bonchev–Trinajstić information content (AvgIpc) is 1.88. The van der Waals surface area contributed by atoms with Crippen LogP contribution >= 0.6 is 15.9 Å². The van der Waals surface area contributed by atoms with Crippen LogP contribution in [-0.4, -0.2) is 15.1 Å². The molecule has 1 rings (SSSR count). The van der Waals surface area contributed by atoms with Crippen molar-refractivity contribution in [3.8, 4) is 0 Å². The van der Waals surface area contributed by atoms with Gasteiger partial charge < -0.3 is 5.11 Å². The molecule has 1 unspecified atom stereocenters. The lowest BCUT2D eigenvalue weighted by Gasteiger charge is -2.03. The molecule has 1 atom stereocenters. The molecule has 0 saturated heterocycles. The Labute approximate surface area is 67.3 Å². The van der Waals surface area contributed by atoms with Crippen LogP contribution in [0.15, 0.2) is 17.0 Å². The highest BCUT2D eigenvalue weighted by molar-refractivity contribution is 9.10. The van der Waals surface area contributed by atoms with E-state index in [0.29, 0.717) is 5.69 Å². The topological polar surface area (TPSA) is 46.0 Å². The van der Waals surface area contributed by atoms with Gasteiger partial charge in [-0.25, -0.2) is 9.97 Å². The molecule has 0 aromatic carbocycles. The molecule has 54 valence electrons. The van der Waals surface area contributed by atoms with Gasteiger partial charge >= 0.3 is 0 Å². The third-order valence-electron chi connectivity index (χ3n) is 1.09. The van der Waals surface area contributed by atoms with Gasteiger partial charge in [-0.3, -0.25) is 0 Å². The molecule has 0 saturated carbocycles. The Kier molecular flexibility index (Phi) is 2.34. The van der Waals surface area contributed by atoms with E-state index in [1.807, 2.05) is 0 Å². The Balaban J connectivity index is 3.03. The van der Waals surface area contributed by atoms with Crippen molar-refractivity contribution in [2.45, 2.75) is 13.0 Å². The van der Waals surface area contributed by atoms with Gasteiger partial charge in [0.15, 0.2) is 0 Å². The first kappa shape index (κ1) is 7.63. The lowest BCUT2D eigenvalue weighted by molar-refractivity contribution is 0.193. The van der Waals surface area contributed by atoms with Gasteiger partial charge in [-0.15, -0.1) is 0 Å². The molecule has 0 aliphatic heterocycles. The number of hydrogen-bond acceptors (Lipinski definition) is 3. The maximum Gasteiger partial charge on any atom is 0.115 e. The van der Waals surface area contributed by atoms with Gasteiger partial charge in [0.2, 0.25) is 0 Å². The van der Waals surface area contributed by atoms with Gasteiger partial charge in [0.05, 0.1) is 16.3 Å². The van der Waals surface area contributed by atoms with Crippen LogP contribution in [0.1, 0.15) is 18.7 Å². The number of aliphatic hydroxyl groups is 1. The van der Waals surface area contributed by atoms with Crippen LogP contribution in [0.2, 0.25) is 0 Å². The minimum absolute atomic E-state index is 0.544. The maximum absolute atomic E-state index is 9.08. The Hall–Kier alpha value is -0.480. The normalized spacial score (nSPS) is 13.1. The molecule has 0 aliphatic rings. The number of aliphatic hydroxyl groups excluding tert-OH is 1. The molecule has 10 heavy (non-hydrogen) atoms. The fourth-order valence-electron chi connectivity index (χ4n) is 0.630. The fourth-order valence-corrected chi connectivity index (χ4v) is 1.18. The van der Waals surface area contributed by atoms with Crippen LogP contribution in [0.25, 0.3) is 0 Å². The Morgan fingerprint density at radius 3 is 2.80 bits per heavy atom. The highest BCUT2D eigenvalue weighted by atomic mass is 79.9. The molecular weight excluding hydrogens is 196 g/mol. The van der Waals surface area contributed by atoms with E-state index in [4.69, 9.17) is 5.11 Å². The van der Waals surface area contributed by atoms with E-state index in [1.54, 1.807) is 13.1 Å². The first-order valence-corrected chi connectivity index (χ1v) is 3.64. The van der Waals surface area contributed by atoms with Crippen molar-refractivity contribution in [2.75, 3.05) is 0 Å². The quantitative estimate of drug-likeness (QED) is 0.747. The zero-order chi connectivity index (χ0) is 7.56. The summed E-state index contributed by atoms with van der Waals surface area (Å²) >= 11 is 3.21. The van der Waals surface area contributed by atoms with Crippen LogP contribution in [0.4, 0.5) is 0 Å². The second kappa shape index (κ2) is 3.07. The van der Waals surface area contributed by atoms with E-state index in [2.05, 4.69) is 25.9 Å². The highest BCUT2D eigenvalue weighted by Crippen LogP contribution is 2.18. The maximum atomic E-state index is 9.08. The second-order valence-electron chi connectivity index (χ2n) is 1.93. The number of nitrogens with zero attached hydrogens (tertiary/aromatic N) is 2. The molecule has 0 spiro atoms. The van der Waals surface area contributed by atoms with Crippen molar-refractivity contribution in [1.82, 2.24) is 9.97 Å². The standard InChI is InChI=1S/C6H7BrN2O/c1-4(10)6-5(7)2-8-3-9-6/h2-4,10H,1H3. The molecular formula is C6H7BrN2O. The molecule has 1 heterocycles. The van der Waals surface area contributed by atoms with E-state index >= 15 is 0 Å². The third kappa shape index (κ3) is 1.52. The molecule has 0 amide bonds. The molecule has 4 heteroatoms. The molecule has 0 aliphatic carbocycles. The van der Waals surface area contributed by atoms with Crippen LogP contribution in [-0.2, 0) is 0 Å². The van der Waals surface area contributed by atoms with Crippen molar-refractivity contribution in [3.63, 3.8) is 0 Å². The summed E-state index contributed by atoms with van der Waals surface area (Å²) < 4.78 is 0.741. The zero-order valence-electron chi connectivity index (χ0n) is 5.45. The van der Waals surface area contributed by atoms with Gasteiger partial charge in [-0.05, 0) is 22.9 Å². The van der Waals surface area contributed by atoms with Crippen molar-refractivity contribution >= 4 is 15.9 Å². The monoisotopic (exact) mass is 202 g/mol. The summed E-state index contributed by atoms with van der Waals surface area (Å²) in [6, 6.07) is 0. The largest absolute Gasteiger partial charge is 0.387 e. The fraction of sp³-hybridized carbons (Fsp3) is 0.333. The van der Waals surface area contributed by atoms with Crippen LogP contribution in [0.3, 0.4) is 0 Å². The van der Waals surface area contributed by atoms with Gasteiger partial charge in [0.1, 0.15) is 6.33 Å². The predicted octanol–water partition coefficient (Wildman–Crippen LogP) is 1.29. The number of rotatable bonds is 1. The summed E-state index contributed by atoms with van der Waals surface area (Å²) in [6.07, 6.45) is 2.47. The van der Waals surface area contributed by atoms with E-state index in [0.717, 1.165) is 4.47 Å². The van der Waals surface area contributed by atoms with Gasteiger partial charge in [0.25, 0.3) is 0 Å². The molecule has 3 nitrogen and oxygen atoms in total. The Morgan fingerprint density at radius 2 is 2.40 bits per heavy atom. The third-order valence-corrected chi connectivity index (χ3v) is 1.70. The highest BCUT2D eigenvalue weighted by Gasteiger charge is 2.05. The van der Waals surface area contributed by atoms with E-state index in [-0.39, 0.29) is 0 Å². The van der Waals surface area contributed by atoms with Crippen LogP contribution in [0.5, 0.6) is 0 Å². The lowest BCUT2D eigenvalue weighted by Crippen LogP contribution is -1.96. The predicted molar refractivity (Wildman–Crippen MR) is 40.4 cm³/mol. The van der Waals surface area contributed by atoms with Crippen LogP contribution in [0, 0.1) is 0 Å². The number of halogens is 1. The van der Waals surface area contributed by atoms with Gasteiger partial charge in [-0.2, -0.15) is 0 Å². The molecule has 1 N–H and O–H groups in total. The summed E-state index contributed by atoms with van der Waals surface area (Å²) in [5, 5.41) is 9.08. The summed E-state index contributed by atoms with van der Waals surface area (Å²) in [4.78, 5) is 7.63. The average molecular weight is 203 g/mol. The summed E-state index contributed by atoms with van der Waals surface area (Å²) in [5.74, 6) is 0. The van der Waals surface area contributed by atoms with Crippen molar-refractivity contribution in [3.05, 3.63) is 22.7 Å². The smallest absolute Gasteiger partial charge is 0.115 e. The van der Waals surface area contributed by atoms with Crippen molar-refractivity contribution in [2.24, 2.45) is 0 Å².